The van der Waals surface area contributed by atoms with Crippen molar-refractivity contribution in [1.82, 2.24) is 5.01 Å². The van der Waals surface area contributed by atoms with E-state index in [1.54, 1.807) is 24.3 Å². The molecular weight excluding hydrogens is 462 g/mol. The van der Waals surface area contributed by atoms with Crippen LogP contribution in [0.25, 0.3) is 6.08 Å². The zero-order valence-electron chi connectivity index (χ0n) is 16.8. The minimum absolute atomic E-state index is 0.0204. The van der Waals surface area contributed by atoms with Gasteiger partial charge in [-0.05, 0) is 53.7 Å². The van der Waals surface area contributed by atoms with E-state index in [9.17, 15) is 20.0 Å². The van der Waals surface area contributed by atoms with E-state index in [1.807, 2.05) is 36.4 Å². The first-order chi connectivity index (χ1) is 15.9. The number of hydrazone groups is 1. The second-order valence-electron chi connectivity index (χ2n) is 6.70. The summed E-state index contributed by atoms with van der Waals surface area (Å²) < 4.78 is 6.00. The molecule has 1 aliphatic heterocycles. The molecular formula is C23H14N3O5S2-. The standard InChI is InChI=1S/C23H15N3O5S2/c27-20-10-9-17(26(29)30)13-16(20)14-24-25-22(28)21(33-23(25)32)12-15-5-4-8-19(11-15)31-18-6-2-1-3-7-18/h1-14,27H/p-1/b21-12-,24-14-. The van der Waals surface area contributed by atoms with Gasteiger partial charge in [0.1, 0.15) is 11.5 Å². The number of nitrogens with zero attached hydrogens (tertiary/aromatic N) is 3. The van der Waals surface area contributed by atoms with Crippen LogP contribution in [0.2, 0.25) is 0 Å². The van der Waals surface area contributed by atoms with Crippen LogP contribution in [0.5, 0.6) is 17.2 Å². The Morgan fingerprint density at radius 2 is 1.79 bits per heavy atom. The Morgan fingerprint density at radius 1 is 1.03 bits per heavy atom. The fraction of sp³-hybridized carbons (Fsp3) is 0. The second kappa shape index (κ2) is 9.63. The number of rotatable bonds is 6. The highest BCUT2D eigenvalue weighted by Gasteiger charge is 2.32. The molecule has 0 aliphatic carbocycles. The third kappa shape index (κ3) is 5.25. The summed E-state index contributed by atoms with van der Waals surface area (Å²) >= 11 is 6.30. The third-order valence-corrected chi connectivity index (χ3v) is 5.71. The van der Waals surface area contributed by atoms with E-state index in [0.717, 1.165) is 46.7 Å². The van der Waals surface area contributed by atoms with Gasteiger partial charge in [-0.3, -0.25) is 14.9 Å². The van der Waals surface area contributed by atoms with Crippen LogP contribution >= 0.6 is 24.0 Å². The Labute approximate surface area is 198 Å². The highest BCUT2D eigenvalue weighted by Crippen LogP contribution is 2.33. The van der Waals surface area contributed by atoms with Crippen molar-refractivity contribution in [1.29, 1.82) is 0 Å². The van der Waals surface area contributed by atoms with Crippen molar-refractivity contribution >= 4 is 52.2 Å². The molecule has 0 unspecified atom stereocenters. The summed E-state index contributed by atoms with van der Waals surface area (Å²) in [6, 6.07) is 19.8. The van der Waals surface area contributed by atoms with Crippen LogP contribution in [-0.2, 0) is 4.79 Å². The van der Waals surface area contributed by atoms with Crippen molar-refractivity contribution in [3.63, 3.8) is 0 Å². The summed E-state index contributed by atoms with van der Waals surface area (Å²) in [4.78, 5) is 23.4. The zero-order valence-corrected chi connectivity index (χ0v) is 18.4. The van der Waals surface area contributed by atoms with Crippen LogP contribution in [0.15, 0.2) is 82.8 Å². The maximum absolute atomic E-state index is 12.8. The van der Waals surface area contributed by atoms with Gasteiger partial charge in [-0.15, -0.1) is 0 Å². The number of ether oxygens (including phenoxy) is 1. The molecule has 4 rings (SSSR count). The lowest BCUT2D eigenvalue weighted by atomic mass is 10.2. The van der Waals surface area contributed by atoms with Gasteiger partial charge in [-0.25, -0.2) is 0 Å². The molecule has 164 valence electrons. The predicted octanol–water partition coefficient (Wildman–Crippen LogP) is 4.70. The Morgan fingerprint density at radius 3 is 2.55 bits per heavy atom. The summed E-state index contributed by atoms with van der Waals surface area (Å²) in [5.41, 5.74) is 0.459. The number of hydrogen-bond acceptors (Lipinski definition) is 8. The van der Waals surface area contributed by atoms with Crippen LogP contribution in [0, 0.1) is 10.1 Å². The summed E-state index contributed by atoms with van der Waals surface area (Å²) in [6.45, 7) is 0. The maximum atomic E-state index is 12.8. The lowest BCUT2D eigenvalue weighted by molar-refractivity contribution is -0.385. The Bertz CT molecular complexity index is 1310. The zero-order chi connectivity index (χ0) is 23.4. The number of carbonyl (C=O) groups excluding carboxylic acids is 1. The van der Waals surface area contributed by atoms with Crippen LogP contribution in [0.4, 0.5) is 5.69 Å². The highest BCUT2D eigenvalue weighted by molar-refractivity contribution is 8.26. The monoisotopic (exact) mass is 476 g/mol. The topological polar surface area (TPSA) is 108 Å². The van der Waals surface area contributed by atoms with E-state index in [1.165, 1.54) is 0 Å². The number of nitro groups is 1. The van der Waals surface area contributed by atoms with Crippen LogP contribution in [-0.4, -0.2) is 26.4 Å². The molecule has 1 amide bonds. The van der Waals surface area contributed by atoms with Crippen molar-refractivity contribution in [2.75, 3.05) is 0 Å². The number of benzene rings is 3. The molecule has 8 nitrogen and oxygen atoms in total. The number of amides is 1. The molecule has 0 aromatic heterocycles. The van der Waals surface area contributed by atoms with Crippen molar-refractivity contribution in [2.45, 2.75) is 0 Å². The number of thiocarbonyl (C=S) groups is 1. The van der Waals surface area contributed by atoms with Gasteiger partial charge in [0.15, 0.2) is 4.32 Å². The molecule has 0 radical (unpaired) electrons. The average molecular weight is 477 g/mol. The molecule has 3 aromatic rings. The van der Waals surface area contributed by atoms with Crippen molar-refractivity contribution in [2.24, 2.45) is 5.10 Å². The van der Waals surface area contributed by atoms with E-state index in [-0.39, 0.29) is 15.6 Å². The second-order valence-corrected chi connectivity index (χ2v) is 8.38. The number of thioether (sulfide) groups is 1. The smallest absolute Gasteiger partial charge is 0.286 e. The quantitative estimate of drug-likeness (QED) is 0.167. The minimum atomic E-state index is -0.616. The lowest BCUT2D eigenvalue weighted by Gasteiger charge is -2.10. The van der Waals surface area contributed by atoms with Gasteiger partial charge in [0.25, 0.3) is 11.6 Å². The van der Waals surface area contributed by atoms with Crippen LogP contribution < -0.4 is 9.84 Å². The summed E-state index contributed by atoms with van der Waals surface area (Å²) in [5.74, 6) is 0.375. The fourth-order valence-electron chi connectivity index (χ4n) is 2.87. The van der Waals surface area contributed by atoms with Gasteiger partial charge in [0, 0.05) is 12.1 Å². The van der Waals surface area contributed by atoms with Gasteiger partial charge in [0.2, 0.25) is 0 Å². The number of hydrogen-bond donors (Lipinski definition) is 0. The Balaban J connectivity index is 1.53. The summed E-state index contributed by atoms with van der Waals surface area (Å²) in [5, 5.41) is 27.8. The summed E-state index contributed by atoms with van der Waals surface area (Å²) in [7, 11) is 0. The van der Waals surface area contributed by atoms with Gasteiger partial charge >= 0.3 is 0 Å². The normalized spacial score (nSPS) is 14.9. The molecule has 0 bridgehead atoms. The van der Waals surface area contributed by atoms with E-state index in [0.29, 0.717) is 16.4 Å². The molecule has 1 aliphatic rings. The van der Waals surface area contributed by atoms with Crippen molar-refractivity contribution in [3.8, 4) is 17.2 Å². The van der Waals surface area contributed by atoms with Crippen LogP contribution in [0.3, 0.4) is 0 Å². The first kappa shape index (κ1) is 22.2. The molecule has 1 saturated heterocycles. The molecule has 0 N–H and O–H groups in total. The van der Waals surface area contributed by atoms with Crippen molar-refractivity contribution in [3.05, 3.63) is 98.9 Å². The molecule has 1 heterocycles. The predicted molar refractivity (Wildman–Crippen MR) is 128 cm³/mol. The maximum Gasteiger partial charge on any atom is 0.286 e. The first-order valence-corrected chi connectivity index (χ1v) is 10.7. The van der Waals surface area contributed by atoms with Gasteiger partial charge < -0.3 is 9.84 Å². The van der Waals surface area contributed by atoms with Crippen molar-refractivity contribution < 1.29 is 19.6 Å². The van der Waals surface area contributed by atoms with E-state index < -0.39 is 16.6 Å². The Kier molecular flexibility index (Phi) is 6.48. The number of para-hydroxylation sites is 1. The van der Waals surface area contributed by atoms with Gasteiger partial charge in [-0.2, -0.15) is 10.1 Å². The molecule has 0 spiro atoms. The number of non-ortho nitro benzene ring substituents is 1. The molecule has 3 aromatic carbocycles. The largest absolute Gasteiger partial charge is 0.872 e. The SMILES string of the molecule is O=C1/C(=C/c2cccc(Oc3ccccc3)c2)SC(=S)N1/N=C\c1cc([N+](=O)[O-])ccc1[O-]. The molecule has 1 fully saturated rings. The third-order valence-electron chi connectivity index (χ3n) is 4.42. The fourth-order valence-corrected chi connectivity index (χ4v) is 4.05. The minimum Gasteiger partial charge on any atom is -0.872 e. The van der Waals surface area contributed by atoms with Gasteiger partial charge in [-0.1, -0.05) is 53.9 Å². The molecule has 10 heteroatoms. The highest BCUT2D eigenvalue weighted by atomic mass is 32.2. The van der Waals surface area contributed by atoms with E-state index in [2.05, 4.69) is 5.10 Å². The number of nitro benzene ring substituents is 1. The Hall–Kier alpha value is -4.02. The molecule has 0 saturated carbocycles. The van der Waals surface area contributed by atoms with E-state index >= 15 is 0 Å². The molecule has 33 heavy (non-hydrogen) atoms. The average Bonchev–Trinajstić information content (AvgIpc) is 3.06. The summed E-state index contributed by atoms with van der Waals surface area (Å²) in [6.07, 6.45) is 2.76. The van der Waals surface area contributed by atoms with Crippen LogP contribution in [0.1, 0.15) is 11.1 Å². The lowest BCUT2D eigenvalue weighted by Crippen LogP contribution is -2.22. The number of carbonyl (C=O) groups is 1. The first-order valence-electron chi connectivity index (χ1n) is 9.51. The van der Waals surface area contributed by atoms with E-state index in [4.69, 9.17) is 17.0 Å². The molecule has 0 atom stereocenters. The van der Waals surface area contributed by atoms with Gasteiger partial charge in [0.05, 0.1) is 16.0 Å².